The molecule has 1 atom stereocenters. The van der Waals surface area contributed by atoms with E-state index in [2.05, 4.69) is 55.6 Å². The second-order valence-corrected chi connectivity index (χ2v) is 9.17. The van der Waals surface area contributed by atoms with Gasteiger partial charge in [0.1, 0.15) is 5.75 Å². The predicted octanol–water partition coefficient (Wildman–Crippen LogP) is 6.53. The van der Waals surface area contributed by atoms with E-state index in [1.807, 2.05) is 60.7 Å². The summed E-state index contributed by atoms with van der Waals surface area (Å²) in [7, 11) is 0. The van der Waals surface area contributed by atoms with Crippen LogP contribution in [0.3, 0.4) is 0 Å². The Morgan fingerprint density at radius 2 is 1.68 bits per heavy atom. The number of hydrogen-bond donors (Lipinski definition) is 0. The maximum absolute atomic E-state index is 13.4. The summed E-state index contributed by atoms with van der Waals surface area (Å²) in [6.45, 7) is 8.30. The first kappa shape index (κ1) is 24.3. The second-order valence-electron chi connectivity index (χ2n) is 9.17. The number of para-hydroxylation sites is 1. The lowest BCUT2D eigenvalue weighted by Gasteiger charge is -2.14. The van der Waals surface area contributed by atoms with E-state index in [0.29, 0.717) is 16.7 Å². The monoisotopic (exact) mass is 490 g/mol. The van der Waals surface area contributed by atoms with Crippen molar-refractivity contribution in [1.29, 1.82) is 0 Å². The van der Waals surface area contributed by atoms with Gasteiger partial charge in [-0.25, -0.2) is 4.98 Å². The molecule has 186 valence electrons. The van der Waals surface area contributed by atoms with Gasteiger partial charge in [-0.05, 0) is 69.7 Å². The Kier molecular flexibility index (Phi) is 6.73. The van der Waals surface area contributed by atoms with Crippen LogP contribution < -0.4 is 10.3 Å². The third-order valence-electron chi connectivity index (χ3n) is 6.58. The van der Waals surface area contributed by atoms with Crippen molar-refractivity contribution in [3.05, 3.63) is 112 Å². The number of ether oxygens (including phenoxy) is 1. The fourth-order valence-electron chi connectivity index (χ4n) is 4.43. The molecule has 2 heterocycles. The topological polar surface area (TPSA) is 61.4 Å². The van der Waals surface area contributed by atoms with Crippen molar-refractivity contribution in [2.24, 2.45) is 5.10 Å². The molecular formula is C31H30N4O2. The number of hydrogen-bond acceptors (Lipinski definition) is 4. The van der Waals surface area contributed by atoms with E-state index in [1.54, 1.807) is 12.3 Å². The van der Waals surface area contributed by atoms with Crippen LogP contribution in [0.25, 0.3) is 28.0 Å². The summed E-state index contributed by atoms with van der Waals surface area (Å²) in [4.78, 5) is 18.2. The van der Waals surface area contributed by atoms with Gasteiger partial charge in [0.2, 0.25) is 0 Å². The first-order valence-electron chi connectivity index (χ1n) is 12.5. The lowest BCUT2D eigenvalue weighted by molar-refractivity contribution is 0.217. The van der Waals surface area contributed by atoms with Gasteiger partial charge in [-0.15, -0.1) is 0 Å². The van der Waals surface area contributed by atoms with Crippen LogP contribution in [0.2, 0.25) is 0 Å². The van der Waals surface area contributed by atoms with Gasteiger partial charge in [-0.1, -0.05) is 49.4 Å². The smallest absolute Gasteiger partial charge is 0.282 e. The molecule has 0 radical (unpaired) electrons. The molecule has 5 aromatic rings. The Morgan fingerprint density at radius 3 is 2.41 bits per heavy atom. The van der Waals surface area contributed by atoms with Crippen LogP contribution in [0.1, 0.15) is 37.2 Å². The standard InChI is InChI=1S/C31H30N4O2/c1-5-22(3)37-27-17-15-26(16-18-27)34-21(2)19-25(23(34)4)20-32-35-30(24-11-7-6-8-12-24)33-29-14-10-9-13-28(29)31(35)36/h6-20,22H,5H2,1-4H3/t22-/m1/s1. The first-order valence-corrected chi connectivity index (χ1v) is 12.5. The van der Waals surface area contributed by atoms with E-state index < -0.39 is 0 Å². The van der Waals surface area contributed by atoms with Crippen molar-refractivity contribution in [3.63, 3.8) is 0 Å². The van der Waals surface area contributed by atoms with Crippen molar-refractivity contribution in [2.45, 2.75) is 40.2 Å². The molecule has 0 unspecified atom stereocenters. The van der Waals surface area contributed by atoms with Crippen LogP contribution in [-0.2, 0) is 0 Å². The Bertz CT molecular complexity index is 1630. The number of fused-ring (bicyclic) bond motifs is 1. The highest BCUT2D eigenvalue weighted by molar-refractivity contribution is 5.83. The summed E-state index contributed by atoms with van der Waals surface area (Å²) in [5.74, 6) is 1.37. The Hall–Kier alpha value is -4.45. The summed E-state index contributed by atoms with van der Waals surface area (Å²) in [5, 5.41) is 5.18. The SMILES string of the molecule is CC[C@@H](C)Oc1ccc(-n2c(C)cc(C=Nn3c(-c4ccccc4)nc4ccccc4c3=O)c2C)cc1. The van der Waals surface area contributed by atoms with Crippen molar-refractivity contribution < 1.29 is 4.74 Å². The van der Waals surface area contributed by atoms with Gasteiger partial charge in [0.05, 0.1) is 23.2 Å². The molecule has 0 saturated carbocycles. The number of nitrogens with zero attached hydrogens (tertiary/aromatic N) is 4. The minimum Gasteiger partial charge on any atom is -0.491 e. The molecule has 2 aromatic heterocycles. The summed E-state index contributed by atoms with van der Waals surface area (Å²) in [6, 6.07) is 27.2. The molecule has 0 bridgehead atoms. The molecule has 0 spiro atoms. The summed E-state index contributed by atoms with van der Waals surface area (Å²) in [5.41, 5.74) is 5.34. The average Bonchev–Trinajstić information content (AvgIpc) is 3.21. The van der Waals surface area contributed by atoms with E-state index in [1.165, 1.54) is 4.68 Å². The molecule has 0 aliphatic heterocycles. The Morgan fingerprint density at radius 1 is 0.973 bits per heavy atom. The molecule has 3 aromatic carbocycles. The molecule has 0 saturated heterocycles. The molecule has 0 fully saturated rings. The second kappa shape index (κ2) is 10.3. The minimum atomic E-state index is -0.202. The molecule has 0 aliphatic rings. The minimum absolute atomic E-state index is 0.178. The van der Waals surface area contributed by atoms with E-state index in [-0.39, 0.29) is 11.7 Å². The van der Waals surface area contributed by atoms with Gasteiger partial charge in [0.25, 0.3) is 5.56 Å². The summed E-state index contributed by atoms with van der Waals surface area (Å²) >= 11 is 0. The molecule has 37 heavy (non-hydrogen) atoms. The van der Waals surface area contributed by atoms with Gasteiger partial charge in [0.15, 0.2) is 5.82 Å². The lowest BCUT2D eigenvalue weighted by Crippen LogP contribution is -2.20. The quantitative estimate of drug-likeness (QED) is 0.244. The van der Waals surface area contributed by atoms with Crippen molar-refractivity contribution in [1.82, 2.24) is 14.2 Å². The fourth-order valence-corrected chi connectivity index (χ4v) is 4.43. The molecule has 5 rings (SSSR count). The van der Waals surface area contributed by atoms with E-state index in [4.69, 9.17) is 9.72 Å². The highest BCUT2D eigenvalue weighted by atomic mass is 16.5. The average molecular weight is 491 g/mol. The largest absolute Gasteiger partial charge is 0.491 e. The zero-order valence-corrected chi connectivity index (χ0v) is 21.6. The molecule has 0 amide bonds. The highest BCUT2D eigenvalue weighted by Crippen LogP contribution is 2.23. The Balaban J connectivity index is 1.54. The van der Waals surface area contributed by atoms with Crippen molar-refractivity contribution in [2.75, 3.05) is 0 Å². The maximum Gasteiger partial charge on any atom is 0.282 e. The van der Waals surface area contributed by atoms with E-state index >= 15 is 0 Å². The Labute approximate surface area is 216 Å². The van der Waals surface area contributed by atoms with E-state index in [0.717, 1.165) is 40.4 Å². The van der Waals surface area contributed by atoms with Gasteiger partial charge < -0.3 is 9.30 Å². The molecule has 0 aliphatic carbocycles. The lowest BCUT2D eigenvalue weighted by atomic mass is 10.2. The van der Waals surface area contributed by atoms with Gasteiger partial charge in [-0.3, -0.25) is 4.79 Å². The number of aromatic nitrogens is 3. The molecular weight excluding hydrogens is 460 g/mol. The summed E-state index contributed by atoms with van der Waals surface area (Å²) in [6.07, 6.45) is 2.88. The van der Waals surface area contributed by atoms with Gasteiger partial charge >= 0.3 is 0 Å². The van der Waals surface area contributed by atoms with Crippen molar-refractivity contribution >= 4 is 17.1 Å². The summed E-state index contributed by atoms with van der Waals surface area (Å²) < 4.78 is 9.50. The van der Waals surface area contributed by atoms with Crippen LogP contribution in [-0.4, -0.2) is 26.5 Å². The third kappa shape index (κ3) is 4.83. The maximum atomic E-state index is 13.4. The van der Waals surface area contributed by atoms with Crippen LogP contribution in [0.5, 0.6) is 5.75 Å². The fraction of sp³-hybridized carbons (Fsp3) is 0.194. The number of benzene rings is 3. The molecule has 0 N–H and O–H groups in total. The van der Waals surface area contributed by atoms with Gasteiger partial charge in [-0.2, -0.15) is 9.78 Å². The van der Waals surface area contributed by atoms with E-state index in [9.17, 15) is 4.79 Å². The highest BCUT2D eigenvalue weighted by Gasteiger charge is 2.14. The van der Waals surface area contributed by atoms with Crippen LogP contribution in [0, 0.1) is 13.8 Å². The predicted molar refractivity (Wildman–Crippen MR) is 150 cm³/mol. The van der Waals surface area contributed by atoms with Crippen LogP contribution in [0.4, 0.5) is 0 Å². The zero-order valence-electron chi connectivity index (χ0n) is 21.6. The molecule has 6 nitrogen and oxygen atoms in total. The normalized spacial score (nSPS) is 12.3. The third-order valence-corrected chi connectivity index (χ3v) is 6.58. The van der Waals surface area contributed by atoms with Crippen LogP contribution in [0.15, 0.2) is 94.8 Å². The first-order chi connectivity index (χ1) is 18.0. The zero-order chi connectivity index (χ0) is 25.9. The van der Waals surface area contributed by atoms with Gasteiger partial charge in [0, 0.05) is 28.2 Å². The van der Waals surface area contributed by atoms with Crippen LogP contribution >= 0.6 is 0 Å². The molecule has 6 heteroatoms. The number of aryl methyl sites for hydroxylation is 1. The number of rotatable bonds is 7. The van der Waals surface area contributed by atoms with Crippen molar-refractivity contribution in [3.8, 4) is 22.8 Å².